The number of nitrogens with one attached hydrogen (secondary N) is 2. The molecule has 1 atom stereocenters. The smallest absolute Gasteiger partial charge is 0.255 e. The van der Waals surface area contributed by atoms with Gasteiger partial charge < -0.3 is 21.1 Å². The molecular weight excluding hydrogens is 595 g/mol. The number of amides is 1. The van der Waals surface area contributed by atoms with Crippen LogP contribution >= 0.6 is 11.3 Å². The van der Waals surface area contributed by atoms with Crippen LogP contribution in [-0.4, -0.2) is 29.0 Å². The van der Waals surface area contributed by atoms with Crippen LogP contribution in [0.5, 0.6) is 11.6 Å². The highest BCUT2D eigenvalue weighted by molar-refractivity contribution is 7.83. The Balaban J connectivity index is 1.12. The molecule has 1 amide bonds. The van der Waals surface area contributed by atoms with Crippen LogP contribution in [-0.2, 0) is 11.0 Å². The molecule has 4 aromatic heterocycles. The number of rotatable bonds is 8. The first-order valence-corrected chi connectivity index (χ1v) is 15.4. The Morgan fingerprint density at radius 1 is 0.909 bits per heavy atom. The fourth-order valence-corrected chi connectivity index (χ4v) is 6.39. The fraction of sp³-hybridized carbons (Fsp3) is 0. The molecule has 1 unspecified atom stereocenters. The van der Waals surface area contributed by atoms with Crippen LogP contribution in [0.25, 0.3) is 21.3 Å². The van der Waals surface area contributed by atoms with Crippen LogP contribution in [0.4, 0.5) is 23.0 Å². The lowest BCUT2D eigenvalue weighted by molar-refractivity contribution is 0.102. The van der Waals surface area contributed by atoms with Crippen LogP contribution in [0, 0.1) is 0 Å². The molecule has 0 radical (unpaired) electrons. The molecule has 4 heterocycles. The van der Waals surface area contributed by atoms with Gasteiger partial charge in [0, 0.05) is 34.2 Å². The quantitative estimate of drug-likeness (QED) is 0.155. The third-order valence-electron chi connectivity index (χ3n) is 6.63. The maximum atomic E-state index is 13.1. The molecule has 0 aliphatic carbocycles. The molecule has 7 aromatic rings. The predicted molar refractivity (Wildman–Crippen MR) is 174 cm³/mol. The number of thiophene rings is 1. The number of hydrogen-bond donors (Lipinski definition) is 3. The summed E-state index contributed by atoms with van der Waals surface area (Å²) in [5.74, 6) is 0.925. The highest BCUT2D eigenvalue weighted by atomic mass is 32.2. The van der Waals surface area contributed by atoms with E-state index in [1.165, 1.54) is 11.3 Å². The van der Waals surface area contributed by atoms with E-state index in [9.17, 15) is 9.00 Å². The van der Waals surface area contributed by atoms with Gasteiger partial charge in [-0.15, -0.1) is 11.3 Å². The molecule has 12 heteroatoms. The van der Waals surface area contributed by atoms with Gasteiger partial charge in [-0.3, -0.25) is 4.79 Å². The first-order chi connectivity index (χ1) is 21.5. The van der Waals surface area contributed by atoms with E-state index in [-0.39, 0.29) is 5.91 Å². The molecule has 0 aliphatic heterocycles. The standard InChI is InChI=1S/C32H23N7O3S2/c33-22-11-9-20(10-12-22)30(40)35-23-5-4-6-24(18-23)36-32-37-27-14-16-43-28(27)31(38-32)42-25-17-21-13-15-39(29(21)34-19-25)44(41)26-7-2-1-3-8-26/h1-19H,33H2,(H,35,40)(H,36,37,38). The molecule has 0 aliphatic rings. The number of aromatic nitrogens is 4. The molecule has 0 bridgehead atoms. The summed E-state index contributed by atoms with van der Waals surface area (Å²) in [6.07, 6.45) is 3.34. The third kappa shape index (κ3) is 5.59. The Kier molecular flexibility index (Phi) is 7.18. The van der Waals surface area contributed by atoms with Crippen molar-refractivity contribution in [1.29, 1.82) is 0 Å². The van der Waals surface area contributed by atoms with E-state index < -0.39 is 11.0 Å². The maximum absolute atomic E-state index is 13.1. The molecule has 7 rings (SSSR count). The number of fused-ring (bicyclic) bond motifs is 2. The number of carbonyl (C=O) groups is 1. The van der Waals surface area contributed by atoms with Crippen LogP contribution in [0.3, 0.4) is 0 Å². The Morgan fingerprint density at radius 3 is 2.57 bits per heavy atom. The van der Waals surface area contributed by atoms with Gasteiger partial charge in [0.1, 0.15) is 10.4 Å². The van der Waals surface area contributed by atoms with Crippen LogP contribution in [0.15, 0.2) is 120 Å². The van der Waals surface area contributed by atoms with Gasteiger partial charge >= 0.3 is 0 Å². The molecule has 10 nitrogen and oxygen atoms in total. The monoisotopic (exact) mass is 617 g/mol. The van der Waals surface area contributed by atoms with Gasteiger partial charge in [-0.05, 0) is 78.2 Å². The second kappa shape index (κ2) is 11.6. The number of carbonyl (C=O) groups excluding carboxylic acids is 1. The first-order valence-electron chi connectivity index (χ1n) is 13.4. The molecule has 44 heavy (non-hydrogen) atoms. The van der Waals surface area contributed by atoms with Crippen molar-refractivity contribution >= 4 is 72.5 Å². The number of nitrogens with two attached hydrogens (primary N) is 1. The van der Waals surface area contributed by atoms with Crippen molar-refractivity contribution in [3.05, 3.63) is 120 Å². The second-order valence-electron chi connectivity index (χ2n) is 9.66. The Bertz CT molecular complexity index is 2160. The van der Waals surface area contributed by atoms with Crippen LogP contribution in [0.1, 0.15) is 10.4 Å². The van der Waals surface area contributed by atoms with Gasteiger partial charge in [-0.1, -0.05) is 24.3 Å². The minimum Gasteiger partial charge on any atom is -0.436 e. The SMILES string of the molecule is Nc1ccc(C(=O)Nc2cccc(Nc3nc(Oc4cnc5c(ccn5S(=O)c5ccccc5)c4)c4sccc4n3)c2)cc1. The maximum Gasteiger partial charge on any atom is 0.255 e. The van der Waals surface area contributed by atoms with E-state index in [4.69, 9.17) is 10.5 Å². The zero-order chi connectivity index (χ0) is 30.0. The van der Waals surface area contributed by atoms with E-state index in [2.05, 4.69) is 25.6 Å². The zero-order valence-corrected chi connectivity index (χ0v) is 24.5. The lowest BCUT2D eigenvalue weighted by Crippen LogP contribution is -2.12. The number of anilines is 4. The number of benzene rings is 3. The molecule has 0 spiro atoms. The highest BCUT2D eigenvalue weighted by Crippen LogP contribution is 2.34. The lowest BCUT2D eigenvalue weighted by Gasteiger charge is -2.11. The van der Waals surface area contributed by atoms with Crippen molar-refractivity contribution in [2.45, 2.75) is 4.90 Å². The van der Waals surface area contributed by atoms with Gasteiger partial charge in [0.2, 0.25) is 11.8 Å². The highest BCUT2D eigenvalue weighted by Gasteiger charge is 2.15. The predicted octanol–water partition coefficient (Wildman–Crippen LogP) is 6.98. The number of hydrogen-bond acceptors (Lipinski definition) is 9. The first kappa shape index (κ1) is 27.3. The summed E-state index contributed by atoms with van der Waals surface area (Å²) in [5.41, 5.74) is 9.39. The molecule has 0 fully saturated rings. The fourth-order valence-electron chi connectivity index (χ4n) is 4.53. The van der Waals surface area contributed by atoms with Crippen molar-refractivity contribution in [2.24, 2.45) is 0 Å². The van der Waals surface area contributed by atoms with Crippen LogP contribution < -0.4 is 21.1 Å². The third-order valence-corrected chi connectivity index (χ3v) is 8.85. The Labute approximate surface area is 257 Å². The number of nitrogens with zero attached hydrogens (tertiary/aromatic N) is 4. The van der Waals surface area contributed by atoms with E-state index in [1.807, 2.05) is 66.0 Å². The molecule has 0 saturated carbocycles. The molecular formula is C32H23N7O3S2. The second-order valence-corrected chi connectivity index (χ2v) is 11.9. The lowest BCUT2D eigenvalue weighted by atomic mass is 10.2. The molecule has 4 N–H and O–H groups in total. The minimum absolute atomic E-state index is 0.249. The van der Waals surface area contributed by atoms with Gasteiger partial charge in [0.25, 0.3) is 5.91 Å². The van der Waals surface area contributed by atoms with Crippen molar-refractivity contribution in [3.63, 3.8) is 0 Å². The van der Waals surface area contributed by atoms with E-state index >= 15 is 0 Å². The summed E-state index contributed by atoms with van der Waals surface area (Å²) in [5, 5.41) is 8.81. The van der Waals surface area contributed by atoms with Crippen molar-refractivity contribution in [3.8, 4) is 11.6 Å². The van der Waals surface area contributed by atoms with Gasteiger partial charge in [-0.2, -0.15) is 4.98 Å². The molecule has 3 aromatic carbocycles. The largest absolute Gasteiger partial charge is 0.436 e. The van der Waals surface area contributed by atoms with Gasteiger partial charge in [0.05, 0.1) is 16.6 Å². The topological polar surface area (TPSA) is 137 Å². The number of pyridine rings is 1. The number of ether oxygens (including phenoxy) is 1. The Morgan fingerprint density at radius 2 is 1.73 bits per heavy atom. The van der Waals surface area contributed by atoms with Crippen molar-refractivity contribution in [2.75, 3.05) is 16.4 Å². The molecule has 0 saturated heterocycles. The summed E-state index contributed by atoms with van der Waals surface area (Å²) < 4.78 is 21.7. The van der Waals surface area contributed by atoms with Gasteiger partial charge in [0.15, 0.2) is 16.6 Å². The van der Waals surface area contributed by atoms with Gasteiger partial charge in [-0.25, -0.2) is 18.1 Å². The molecule has 216 valence electrons. The van der Waals surface area contributed by atoms with E-state index in [0.717, 1.165) is 10.1 Å². The minimum atomic E-state index is -1.43. The number of nitrogen functional groups attached to an aromatic ring is 1. The van der Waals surface area contributed by atoms with E-state index in [0.29, 0.717) is 56.3 Å². The van der Waals surface area contributed by atoms with Crippen LogP contribution in [0.2, 0.25) is 0 Å². The van der Waals surface area contributed by atoms with Crippen molar-refractivity contribution < 1.29 is 13.7 Å². The van der Waals surface area contributed by atoms with Crippen molar-refractivity contribution in [1.82, 2.24) is 18.9 Å². The average molecular weight is 618 g/mol. The van der Waals surface area contributed by atoms with E-state index in [1.54, 1.807) is 52.8 Å². The zero-order valence-electron chi connectivity index (χ0n) is 22.9. The average Bonchev–Trinajstić information content (AvgIpc) is 3.69. The summed E-state index contributed by atoms with van der Waals surface area (Å²) in [4.78, 5) is 27.2. The summed E-state index contributed by atoms with van der Waals surface area (Å²) in [6, 6.07) is 28.8. The normalized spacial score (nSPS) is 11.8. The Hall–Kier alpha value is -5.59. The summed E-state index contributed by atoms with van der Waals surface area (Å²) in [7, 11) is -1.43. The summed E-state index contributed by atoms with van der Waals surface area (Å²) in [6.45, 7) is 0. The summed E-state index contributed by atoms with van der Waals surface area (Å²) >= 11 is 1.47.